The van der Waals surface area contributed by atoms with Crippen LogP contribution < -0.4 is 10.6 Å². The second kappa shape index (κ2) is 5.00. The Bertz CT molecular complexity index is 495. The van der Waals surface area contributed by atoms with Crippen LogP contribution in [0.1, 0.15) is 30.4 Å². The molecular weight excluding hydrogens is 273 g/mol. The van der Waals surface area contributed by atoms with Gasteiger partial charge in [-0.25, -0.2) is 0 Å². The molecule has 2 nitrogen and oxygen atoms in total. The molecule has 104 valence electrons. The molecule has 1 aliphatic carbocycles. The van der Waals surface area contributed by atoms with E-state index in [9.17, 15) is 13.2 Å². The Hall–Kier alpha value is -1.30. The molecule has 0 atom stereocenters. The number of rotatable bonds is 3. The van der Waals surface area contributed by atoms with Crippen molar-refractivity contribution in [2.75, 3.05) is 11.9 Å². The lowest BCUT2D eigenvalue weighted by Crippen LogP contribution is -2.37. The molecule has 0 saturated heterocycles. The molecule has 1 aromatic carbocycles. The topological polar surface area (TPSA) is 29.3 Å². The fraction of sp³-hybridized carbons (Fsp3) is 0.462. The van der Waals surface area contributed by atoms with E-state index >= 15 is 0 Å². The summed E-state index contributed by atoms with van der Waals surface area (Å²) in [5.41, 5.74) is 5.03. The third-order valence-electron chi connectivity index (χ3n) is 3.60. The lowest BCUT2D eigenvalue weighted by atomic mass is 9.91. The highest BCUT2D eigenvalue weighted by Crippen LogP contribution is 2.36. The maximum atomic E-state index is 13.0. The second-order valence-electron chi connectivity index (χ2n) is 4.79. The minimum Gasteiger partial charge on any atom is -0.389 e. The van der Waals surface area contributed by atoms with Crippen LogP contribution in [0.15, 0.2) is 18.2 Å². The van der Waals surface area contributed by atoms with Crippen molar-refractivity contribution in [3.8, 4) is 0 Å². The van der Waals surface area contributed by atoms with Gasteiger partial charge in [0.15, 0.2) is 0 Å². The monoisotopic (exact) mass is 288 g/mol. The number of halogens is 3. The molecular formula is C13H15F3N2S. The number of thiocarbonyl (C=S) groups is 1. The molecule has 1 aromatic rings. The fourth-order valence-electron chi connectivity index (χ4n) is 2.19. The summed E-state index contributed by atoms with van der Waals surface area (Å²) in [6.45, 7) is 0. The van der Waals surface area contributed by atoms with Crippen molar-refractivity contribution in [1.82, 2.24) is 0 Å². The van der Waals surface area contributed by atoms with Gasteiger partial charge in [-0.2, -0.15) is 13.2 Å². The van der Waals surface area contributed by atoms with Gasteiger partial charge in [-0.05, 0) is 37.5 Å². The van der Waals surface area contributed by atoms with Crippen molar-refractivity contribution in [2.45, 2.75) is 31.5 Å². The molecule has 0 radical (unpaired) electrons. The van der Waals surface area contributed by atoms with E-state index in [4.69, 9.17) is 5.73 Å². The summed E-state index contributed by atoms with van der Waals surface area (Å²) in [7, 11) is 1.82. The second-order valence-corrected chi connectivity index (χ2v) is 5.23. The van der Waals surface area contributed by atoms with E-state index in [0.29, 0.717) is 11.7 Å². The molecule has 19 heavy (non-hydrogen) atoms. The van der Waals surface area contributed by atoms with Crippen LogP contribution in [0.3, 0.4) is 0 Å². The van der Waals surface area contributed by atoms with E-state index in [2.05, 4.69) is 12.2 Å². The van der Waals surface area contributed by atoms with Crippen LogP contribution in [-0.4, -0.2) is 18.1 Å². The Balaban J connectivity index is 2.40. The van der Waals surface area contributed by atoms with E-state index in [-0.39, 0.29) is 10.6 Å². The molecule has 0 amide bonds. The lowest BCUT2D eigenvalue weighted by molar-refractivity contribution is -0.137. The molecule has 1 fully saturated rings. The number of benzene rings is 1. The van der Waals surface area contributed by atoms with Gasteiger partial charge in [0, 0.05) is 24.3 Å². The zero-order valence-corrected chi connectivity index (χ0v) is 11.3. The number of hydrogen-bond donors (Lipinski definition) is 1. The minimum absolute atomic E-state index is 0.117. The Morgan fingerprint density at radius 1 is 1.37 bits per heavy atom. The summed E-state index contributed by atoms with van der Waals surface area (Å²) >= 11 is 4.68. The van der Waals surface area contributed by atoms with Crippen LogP contribution in [0.5, 0.6) is 0 Å². The summed E-state index contributed by atoms with van der Waals surface area (Å²) in [6.07, 6.45) is -1.27. The maximum absolute atomic E-state index is 13.0. The van der Waals surface area contributed by atoms with Gasteiger partial charge >= 0.3 is 6.18 Å². The summed E-state index contributed by atoms with van der Waals surface area (Å²) in [5, 5.41) is 0. The zero-order chi connectivity index (χ0) is 14.2. The smallest absolute Gasteiger partial charge is 0.389 e. The summed E-state index contributed by atoms with van der Waals surface area (Å²) < 4.78 is 39.0. The van der Waals surface area contributed by atoms with Gasteiger partial charge in [0.25, 0.3) is 0 Å². The average Bonchev–Trinajstić information content (AvgIpc) is 2.24. The van der Waals surface area contributed by atoms with E-state index in [1.807, 2.05) is 11.9 Å². The first-order valence-electron chi connectivity index (χ1n) is 6.04. The summed E-state index contributed by atoms with van der Waals surface area (Å²) in [4.78, 5) is 1.66. The highest BCUT2D eigenvalue weighted by molar-refractivity contribution is 7.80. The molecule has 0 bridgehead atoms. The minimum atomic E-state index is -4.45. The third kappa shape index (κ3) is 2.83. The van der Waals surface area contributed by atoms with E-state index in [1.165, 1.54) is 6.07 Å². The average molecular weight is 288 g/mol. The predicted octanol–water partition coefficient (Wildman–Crippen LogP) is 3.33. The highest BCUT2D eigenvalue weighted by atomic mass is 32.1. The van der Waals surface area contributed by atoms with Crippen molar-refractivity contribution in [2.24, 2.45) is 5.73 Å². The molecule has 0 aromatic heterocycles. The quantitative estimate of drug-likeness (QED) is 0.865. The molecule has 2 rings (SSSR count). The van der Waals surface area contributed by atoms with Crippen LogP contribution >= 0.6 is 12.2 Å². The molecule has 0 unspecified atom stereocenters. The van der Waals surface area contributed by atoms with Crippen molar-refractivity contribution < 1.29 is 13.2 Å². The van der Waals surface area contributed by atoms with Gasteiger partial charge in [-0.3, -0.25) is 0 Å². The normalized spacial score (nSPS) is 16.0. The fourth-order valence-corrected chi connectivity index (χ4v) is 2.36. The molecule has 1 saturated carbocycles. The van der Waals surface area contributed by atoms with Crippen LogP contribution in [0.4, 0.5) is 18.9 Å². The first-order chi connectivity index (χ1) is 8.80. The first kappa shape index (κ1) is 14.1. The SMILES string of the molecule is CN(c1ccc(C(N)=S)c(C(F)(F)F)c1)C1CCC1. The Morgan fingerprint density at radius 3 is 2.42 bits per heavy atom. The van der Waals surface area contributed by atoms with Crippen LogP contribution in [0, 0.1) is 0 Å². The van der Waals surface area contributed by atoms with Gasteiger partial charge in [-0.15, -0.1) is 0 Å². The summed E-state index contributed by atoms with van der Waals surface area (Å²) in [6, 6.07) is 4.46. The zero-order valence-electron chi connectivity index (χ0n) is 10.5. The number of nitrogens with zero attached hydrogens (tertiary/aromatic N) is 1. The highest BCUT2D eigenvalue weighted by Gasteiger charge is 2.35. The number of anilines is 1. The van der Waals surface area contributed by atoms with Crippen LogP contribution in [0.25, 0.3) is 0 Å². The molecule has 0 spiro atoms. The lowest BCUT2D eigenvalue weighted by Gasteiger charge is -2.36. The molecule has 0 aliphatic heterocycles. The number of alkyl halides is 3. The van der Waals surface area contributed by atoms with Gasteiger partial charge in [0.05, 0.1) is 5.56 Å². The van der Waals surface area contributed by atoms with Crippen LogP contribution in [-0.2, 0) is 6.18 Å². The first-order valence-corrected chi connectivity index (χ1v) is 6.45. The molecule has 0 heterocycles. The Labute approximate surface area is 115 Å². The van der Waals surface area contributed by atoms with E-state index in [0.717, 1.165) is 25.3 Å². The van der Waals surface area contributed by atoms with Crippen molar-refractivity contribution in [3.05, 3.63) is 29.3 Å². The molecule has 2 N–H and O–H groups in total. The van der Waals surface area contributed by atoms with Crippen molar-refractivity contribution in [3.63, 3.8) is 0 Å². The standard InChI is InChI=1S/C13H15F3N2S/c1-18(8-3-2-4-8)9-5-6-10(12(17)19)11(7-9)13(14,15)16/h5-8H,2-4H2,1H3,(H2,17,19). The number of hydrogen-bond acceptors (Lipinski definition) is 2. The molecule has 1 aliphatic rings. The Morgan fingerprint density at radius 2 is 2.00 bits per heavy atom. The van der Waals surface area contributed by atoms with E-state index in [1.54, 1.807) is 6.07 Å². The van der Waals surface area contributed by atoms with Crippen molar-refractivity contribution >= 4 is 22.9 Å². The van der Waals surface area contributed by atoms with Crippen LogP contribution in [0.2, 0.25) is 0 Å². The van der Waals surface area contributed by atoms with E-state index < -0.39 is 11.7 Å². The maximum Gasteiger partial charge on any atom is 0.417 e. The van der Waals surface area contributed by atoms with Gasteiger partial charge in [-0.1, -0.05) is 12.2 Å². The predicted molar refractivity (Wildman–Crippen MR) is 73.4 cm³/mol. The largest absolute Gasteiger partial charge is 0.417 e. The van der Waals surface area contributed by atoms with Gasteiger partial charge in [0.1, 0.15) is 4.99 Å². The third-order valence-corrected chi connectivity index (χ3v) is 3.82. The van der Waals surface area contributed by atoms with Gasteiger partial charge in [0.2, 0.25) is 0 Å². The molecule has 6 heteroatoms. The summed E-state index contributed by atoms with van der Waals surface area (Å²) in [5.74, 6) is 0. The number of nitrogens with two attached hydrogens (primary N) is 1. The Kier molecular flexibility index (Phi) is 3.71. The van der Waals surface area contributed by atoms with Gasteiger partial charge < -0.3 is 10.6 Å². The van der Waals surface area contributed by atoms with Crippen molar-refractivity contribution in [1.29, 1.82) is 0 Å².